The maximum Gasteiger partial charge on any atom is 0.176 e. The van der Waals surface area contributed by atoms with Gasteiger partial charge >= 0.3 is 0 Å². The molecule has 15 heavy (non-hydrogen) atoms. The molecule has 1 unspecified atom stereocenters. The van der Waals surface area contributed by atoms with Crippen LogP contribution in [0.2, 0.25) is 0 Å². The van der Waals surface area contributed by atoms with Gasteiger partial charge in [-0.25, -0.2) is 4.98 Å². The second kappa shape index (κ2) is 5.00. The topological polar surface area (TPSA) is 35.0 Å². The van der Waals surface area contributed by atoms with E-state index in [4.69, 9.17) is 4.74 Å². The predicted molar refractivity (Wildman–Crippen MR) is 67.9 cm³/mol. The summed E-state index contributed by atoms with van der Waals surface area (Å²) in [5, 5.41) is 0. The van der Waals surface area contributed by atoms with E-state index < -0.39 is 0 Å². The molecule has 0 bridgehead atoms. The zero-order valence-corrected chi connectivity index (χ0v) is 11.0. The van der Waals surface area contributed by atoms with Crippen molar-refractivity contribution in [2.45, 2.75) is 6.10 Å². The highest BCUT2D eigenvalue weighted by atomic mass is 127. The van der Waals surface area contributed by atoms with Crippen molar-refractivity contribution in [2.24, 2.45) is 0 Å². The summed E-state index contributed by atoms with van der Waals surface area (Å²) in [6.07, 6.45) is -0.161. The first kappa shape index (κ1) is 11.0. The van der Waals surface area contributed by atoms with E-state index in [9.17, 15) is 0 Å². The van der Waals surface area contributed by atoms with Gasteiger partial charge in [0, 0.05) is 7.11 Å². The van der Waals surface area contributed by atoms with E-state index in [0.29, 0.717) is 0 Å². The number of ether oxygens (including phenoxy) is 1. The first-order chi connectivity index (χ1) is 7.31. The molecule has 1 aromatic carbocycles. The molecule has 0 aliphatic rings. The van der Waals surface area contributed by atoms with E-state index in [1.807, 2.05) is 30.3 Å². The molecule has 0 saturated heterocycles. The van der Waals surface area contributed by atoms with Crippen LogP contribution in [0.15, 0.2) is 30.3 Å². The Morgan fingerprint density at radius 3 is 2.60 bits per heavy atom. The molecular formula is C10H9IN2OS. The maximum absolute atomic E-state index is 5.41. The summed E-state index contributed by atoms with van der Waals surface area (Å²) in [5.41, 5.74) is 1.08. The van der Waals surface area contributed by atoms with E-state index in [2.05, 4.69) is 31.9 Å². The summed E-state index contributed by atoms with van der Waals surface area (Å²) >= 11 is 3.55. The number of halogens is 1. The van der Waals surface area contributed by atoms with Crippen LogP contribution < -0.4 is 0 Å². The third-order valence-electron chi connectivity index (χ3n) is 1.99. The second-order valence-corrected chi connectivity index (χ2v) is 5.44. The van der Waals surface area contributed by atoms with Crippen molar-refractivity contribution in [2.75, 3.05) is 7.11 Å². The Labute approximate surface area is 106 Å². The molecule has 0 aliphatic carbocycles. The Balaban J connectivity index is 2.33. The smallest absolute Gasteiger partial charge is 0.176 e. The van der Waals surface area contributed by atoms with Crippen LogP contribution in [0, 0.1) is 3.01 Å². The van der Waals surface area contributed by atoms with Crippen LogP contribution in [0.5, 0.6) is 0 Å². The van der Waals surface area contributed by atoms with Gasteiger partial charge in [-0.05, 0) is 39.7 Å². The Hall–Kier alpha value is -0.530. The van der Waals surface area contributed by atoms with E-state index in [0.717, 1.165) is 14.4 Å². The number of hydrogen-bond acceptors (Lipinski definition) is 4. The minimum absolute atomic E-state index is 0.161. The van der Waals surface area contributed by atoms with Crippen molar-refractivity contribution in [1.29, 1.82) is 0 Å². The van der Waals surface area contributed by atoms with E-state index in [1.165, 1.54) is 11.5 Å². The Morgan fingerprint density at radius 1 is 1.33 bits per heavy atom. The number of rotatable bonds is 3. The lowest BCUT2D eigenvalue weighted by Gasteiger charge is -2.11. The van der Waals surface area contributed by atoms with Gasteiger partial charge in [-0.1, -0.05) is 30.3 Å². The fourth-order valence-corrected chi connectivity index (χ4v) is 2.32. The molecule has 2 rings (SSSR count). The summed E-state index contributed by atoms with van der Waals surface area (Å²) in [6, 6.07) is 9.98. The number of methoxy groups -OCH3 is 1. The minimum Gasteiger partial charge on any atom is -0.369 e. The van der Waals surface area contributed by atoms with Gasteiger partial charge in [-0.15, -0.1) is 0 Å². The normalized spacial score (nSPS) is 12.7. The van der Waals surface area contributed by atoms with Gasteiger partial charge in [0.25, 0.3) is 0 Å². The molecule has 1 heterocycles. The van der Waals surface area contributed by atoms with Crippen molar-refractivity contribution in [3.63, 3.8) is 0 Å². The third-order valence-corrected chi connectivity index (χ3v) is 3.34. The van der Waals surface area contributed by atoms with Gasteiger partial charge in [0.05, 0.1) is 0 Å². The third kappa shape index (κ3) is 2.53. The molecule has 5 heteroatoms. The summed E-state index contributed by atoms with van der Waals surface area (Å²) in [4.78, 5) is 4.33. The van der Waals surface area contributed by atoms with Gasteiger partial charge in [0.1, 0.15) is 6.10 Å². The van der Waals surface area contributed by atoms with Gasteiger partial charge in [-0.2, -0.15) is 4.37 Å². The number of benzene rings is 1. The molecule has 0 N–H and O–H groups in total. The van der Waals surface area contributed by atoms with Crippen molar-refractivity contribution in [1.82, 2.24) is 9.36 Å². The molecule has 78 valence electrons. The quantitative estimate of drug-likeness (QED) is 0.811. The van der Waals surface area contributed by atoms with Crippen LogP contribution >= 0.6 is 34.1 Å². The monoisotopic (exact) mass is 332 g/mol. The summed E-state index contributed by atoms with van der Waals surface area (Å²) in [6.45, 7) is 0. The Kier molecular flexibility index (Phi) is 3.66. The SMILES string of the molecule is COC(c1ccccc1)c1nsc(I)n1. The van der Waals surface area contributed by atoms with E-state index in [1.54, 1.807) is 7.11 Å². The number of nitrogens with zero attached hydrogens (tertiary/aromatic N) is 2. The lowest BCUT2D eigenvalue weighted by atomic mass is 10.1. The highest BCUT2D eigenvalue weighted by Gasteiger charge is 2.17. The summed E-state index contributed by atoms with van der Waals surface area (Å²) in [7, 11) is 1.67. The van der Waals surface area contributed by atoms with E-state index >= 15 is 0 Å². The molecule has 0 radical (unpaired) electrons. The highest BCUT2D eigenvalue weighted by molar-refractivity contribution is 14.1. The maximum atomic E-state index is 5.41. The molecule has 0 fully saturated rings. The first-order valence-corrected chi connectivity index (χ1v) is 6.23. The molecule has 1 atom stereocenters. The first-order valence-electron chi connectivity index (χ1n) is 4.38. The molecular weight excluding hydrogens is 323 g/mol. The average Bonchev–Trinajstić information content (AvgIpc) is 2.68. The van der Waals surface area contributed by atoms with Crippen LogP contribution in [-0.4, -0.2) is 16.5 Å². The predicted octanol–water partition coefficient (Wildman–Crippen LogP) is 2.88. The molecule has 3 nitrogen and oxygen atoms in total. The summed E-state index contributed by atoms with van der Waals surface area (Å²) in [5.74, 6) is 0.734. The molecule has 2 aromatic rings. The van der Waals surface area contributed by atoms with Crippen LogP contribution in [0.25, 0.3) is 0 Å². The molecule has 0 saturated carbocycles. The lowest BCUT2D eigenvalue weighted by molar-refractivity contribution is 0.130. The number of aromatic nitrogens is 2. The van der Waals surface area contributed by atoms with Crippen molar-refractivity contribution in [3.8, 4) is 0 Å². The standard InChI is InChI=1S/C10H9IN2OS/c1-14-8(7-5-3-2-4-6-7)9-12-10(11)15-13-9/h2-6,8H,1H3. The highest BCUT2D eigenvalue weighted by Crippen LogP contribution is 2.24. The van der Waals surface area contributed by atoms with E-state index in [-0.39, 0.29) is 6.10 Å². The molecule has 0 aliphatic heterocycles. The van der Waals surface area contributed by atoms with Crippen LogP contribution in [-0.2, 0) is 4.74 Å². The summed E-state index contributed by atoms with van der Waals surface area (Å²) < 4.78 is 10.6. The van der Waals surface area contributed by atoms with Crippen LogP contribution in [0.4, 0.5) is 0 Å². The van der Waals surface area contributed by atoms with Crippen molar-refractivity contribution < 1.29 is 4.74 Å². The zero-order chi connectivity index (χ0) is 10.7. The number of hydrogen-bond donors (Lipinski definition) is 0. The minimum atomic E-state index is -0.161. The molecule has 0 amide bonds. The second-order valence-electron chi connectivity index (χ2n) is 2.93. The fraction of sp³-hybridized carbons (Fsp3) is 0.200. The van der Waals surface area contributed by atoms with Crippen molar-refractivity contribution >= 4 is 34.1 Å². The average molecular weight is 332 g/mol. The molecule has 1 aromatic heterocycles. The van der Waals surface area contributed by atoms with Crippen LogP contribution in [0.3, 0.4) is 0 Å². The van der Waals surface area contributed by atoms with Crippen LogP contribution in [0.1, 0.15) is 17.5 Å². The molecule has 0 spiro atoms. The van der Waals surface area contributed by atoms with Gasteiger partial charge in [0.15, 0.2) is 8.84 Å². The Bertz CT molecular complexity index is 432. The Morgan fingerprint density at radius 2 is 2.07 bits per heavy atom. The van der Waals surface area contributed by atoms with Gasteiger partial charge in [-0.3, -0.25) is 0 Å². The van der Waals surface area contributed by atoms with Gasteiger partial charge < -0.3 is 4.74 Å². The lowest BCUT2D eigenvalue weighted by Crippen LogP contribution is -2.05. The fourth-order valence-electron chi connectivity index (χ4n) is 1.34. The zero-order valence-electron chi connectivity index (χ0n) is 8.05. The van der Waals surface area contributed by atoms with Gasteiger partial charge in [0.2, 0.25) is 0 Å². The van der Waals surface area contributed by atoms with Crippen molar-refractivity contribution in [3.05, 3.63) is 44.7 Å². The largest absolute Gasteiger partial charge is 0.369 e.